The average molecular weight is 257 g/mol. The Bertz CT molecular complexity index is 462. The monoisotopic (exact) mass is 257 g/mol. The van der Waals surface area contributed by atoms with E-state index in [0.29, 0.717) is 12.8 Å². The number of nitro benzene ring substituents is 1. The molecule has 0 spiro atoms. The lowest BCUT2D eigenvalue weighted by Crippen LogP contribution is -2.35. The lowest BCUT2D eigenvalue weighted by molar-refractivity contribution is -0.384. The fourth-order valence-electron chi connectivity index (χ4n) is 2.00. The van der Waals surface area contributed by atoms with Crippen molar-refractivity contribution in [2.75, 3.05) is 18.4 Å². The molecule has 0 bridgehead atoms. The van der Waals surface area contributed by atoms with Crippen molar-refractivity contribution in [3.63, 3.8) is 0 Å². The van der Waals surface area contributed by atoms with E-state index in [9.17, 15) is 18.9 Å². The van der Waals surface area contributed by atoms with Crippen LogP contribution in [0.4, 0.5) is 20.2 Å². The molecule has 18 heavy (non-hydrogen) atoms. The third kappa shape index (κ3) is 2.56. The number of nitrogens with zero attached hydrogens (tertiary/aromatic N) is 1. The van der Waals surface area contributed by atoms with Crippen molar-refractivity contribution in [3.05, 3.63) is 33.9 Å². The first-order valence-corrected chi connectivity index (χ1v) is 5.69. The van der Waals surface area contributed by atoms with Crippen LogP contribution in [-0.4, -0.2) is 24.1 Å². The third-order valence-corrected chi connectivity index (χ3v) is 2.96. The minimum absolute atomic E-state index is 0.0822. The van der Waals surface area contributed by atoms with Gasteiger partial charge in [0.15, 0.2) is 17.3 Å². The van der Waals surface area contributed by atoms with Crippen molar-refractivity contribution in [1.29, 1.82) is 0 Å². The topological polar surface area (TPSA) is 67.2 Å². The molecule has 1 aromatic rings. The maximum absolute atomic E-state index is 13.6. The Labute approximate surface area is 102 Å². The maximum Gasteiger partial charge on any atom is 0.295 e. The van der Waals surface area contributed by atoms with E-state index in [-0.39, 0.29) is 11.7 Å². The molecule has 2 N–H and O–H groups in total. The van der Waals surface area contributed by atoms with Gasteiger partial charge in [0.1, 0.15) is 0 Å². The van der Waals surface area contributed by atoms with Crippen LogP contribution in [0.1, 0.15) is 12.8 Å². The predicted octanol–water partition coefficient (Wildman–Crippen LogP) is 2.04. The number of nitro groups is 1. The minimum Gasteiger partial charge on any atom is -0.374 e. The van der Waals surface area contributed by atoms with Gasteiger partial charge in [-0.15, -0.1) is 0 Å². The van der Waals surface area contributed by atoms with Crippen LogP contribution in [0.15, 0.2) is 12.1 Å². The zero-order valence-corrected chi connectivity index (χ0v) is 9.58. The summed E-state index contributed by atoms with van der Waals surface area (Å²) in [6.07, 6.45) is 1.43. The van der Waals surface area contributed by atoms with Crippen molar-refractivity contribution in [2.24, 2.45) is 0 Å². The number of halogens is 2. The van der Waals surface area contributed by atoms with Gasteiger partial charge >= 0.3 is 0 Å². The number of nitrogens with one attached hydrogen (secondary N) is 2. The zero-order valence-electron chi connectivity index (χ0n) is 9.58. The standard InChI is InChI=1S/C11H13F2N3O2/c12-8-1-2-9(16(17)18)11(10(8)13)15-7-3-5-14-6-4-7/h1-2,7,14-15H,3-6H2. The van der Waals surface area contributed by atoms with Crippen LogP contribution in [0.25, 0.3) is 0 Å². The van der Waals surface area contributed by atoms with Gasteiger partial charge in [-0.25, -0.2) is 8.78 Å². The number of hydrogen-bond donors (Lipinski definition) is 2. The summed E-state index contributed by atoms with van der Waals surface area (Å²) < 4.78 is 26.7. The van der Waals surface area contributed by atoms with Gasteiger partial charge in [-0.05, 0) is 32.0 Å². The normalized spacial score (nSPS) is 16.6. The Hall–Kier alpha value is -1.76. The van der Waals surface area contributed by atoms with E-state index >= 15 is 0 Å². The van der Waals surface area contributed by atoms with Crippen molar-refractivity contribution < 1.29 is 13.7 Å². The van der Waals surface area contributed by atoms with Gasteiger partial charge in [0, 0.05) is 12.1 Å². The SMILES string of the molecule is O=[N+]([O-])c1ccc(F)c(F)c1NC1CCNCC1. The van der Waals surface area contributed by atoms with Gasteiger partial charge in [-0.2, -0.15) is 0 Å². The summed E-state index contributed by atoms with van der Waals surface area (Å²) >= 11 is 0. The molecule has 1 aliphatic heterocycles. The van der Waals surface area contributed by atoms with Crippen LogP contribution in [0.5, 0.6) is 0 Å². The summed E-state index contributed by atoms with van der Waals surface area (Å²) in [5.41, 5.74) is -0.792. The van der Waals surface area contributed by atoms with Gasteiger partial charge in [0.2, 0.25) is 0 Å². The summed E-state index contributed by atoms with van der Waals surface area (Å²) in [6, 6.07) is 1.66. The van der Waals surface area contributed by atoms with Crippen LogP contribution in [0.3, 0.4) is 0 Å². The smallest absolute Gasteiger partial charge is 0.295 e. The van der Waals surface area contributed by atoms with Crippen molar-refractivity contribution in [1.82, 2.24) is 5.32 Å². The second-order valence-corrected chi connectivity index (χ2v) is 4.18. The molecule has 0 radical (unpaired) electrons. The Balaban J connectivity index is 2.29. The second kappa shape index (κ2) is 5.26. The lowest BCUT2D eigenvalue weighted by atomic mass is 10.1. The predicted molar refractivity (Wildman–Crippen MR) is 62.5 cm³/mol. The first-order valence-electron chi connectivity index (χ1n) is 5.69. The molecule has 98 valence electrons. The second-order valence-electron chi connectivity index (χ2n) is 4.18. The van der Waals surface area contributed by atoms with E-state index in [4.69, 9.17) is 0 Å². The van der Waals surface area contributed by atoms with Crippen LogP contribution < -0.4 is 10.6 Å². The number of hydrogen-bond acceptors (Lipinski definition) is 4. The highest BCUT2D eigenvalue weighted by atomic mass is 19.2. The van der Waals surface area contributed by atoms with E-state index in [1.807, 2.05) is 0 Å². The fourth-order valence-corrected chi connectivity index (χ4v) is 2.00. The van der Waals surface area contributed by atoms with Gasteiger partial charge in [-0.1, -0.05) is 0 Å². The van der Waals surface area contributed by atoms with Crippen molar-refractivity contribution in [3.8, 4) is 0 Å². The minimum atomic E-state index is -1.19. The number of benzene rings is 1. The third-order valence-electron chi connectivity index (χ3n) is 2.96. The molecule has 1 fully saturated rings. The van der Waals surface area contributed by atoms with E-state index in [0.717, 1.165) is 25.2 Å². The highest BCUT2D eigenvalue weighted by molar-refractivity contribution is 5.63. The Morgan fingerprint density at radius 1 is 1.33 bits per heavy atom. The Kier molecular flexibility index (Phi) is 3.71. The molecule has 0 unspecified atom stereocenters. The molecule has 0 aromatic heterocycles. The van der Waals surface area contributed by atoms with E-state index in [2.05, 4.69) is 10.6 Å². The Morgan fingerprint density at radius 2 is 2.00 bits per heavy atom. The average Bonchev–Trinajstić information content (AvgIpc) is 2.36. The van der Waals surface area contributed by atoms with Gasteiger partial charge in [-0.3, -0.25) is 10.1 Å². The van der Waals surface area contributed by atoms with Gasteiger partial charge in [0.05, 0.1) is 4.92 Å². The summed E-state index contributed by atoms with van der Waals surface area (Å²) in [5, 5.41) is 16.7. The maximum atomic E-state index is 13.6. The van der Waals surface area contributed by atoms with Crippen LogP contribution in [0.2, 0.25) is 0 Å². The quantitative estimate of drug-likeness (QED) is 0.642. The highest BCUT2D eigenvalue weighted by Crippen LogP contribution is 2.30. The molecule has 1 heterocycles. The first kappa shape index (κ1) is 12.7. The van der Waals surface area contributed by atoms with Crippen LogP contribution in [0, 0.1) is 21.7 Å². The molecular weight excluding hydrogens is 244 g/mol. The van der Waals surface area contributed by atoms with E-state index in [1.165, 1.54) is 0 Å². The number of anilines is 1. The molecule has 0 saturated carbocycles. The number of piperidine rings is 1. The van der Waals surface area contributed by atoms with Crippen LogP contribution in [-0.2, 0) is 0 Å². The summed E-state index contributed by atoms with van der Waals surface area (Å²) in [7, 11) is 0. The number of rotatable bonds is 3. The molecule has 0 amide bonds. The highest BCUT2D eigenvalue weighted by Gasteiger charge is 2.24. The van der Waals surface area contributed by atoms with E-state index < -0.39 is 22.2 Å². The van der Waals surface area contributed by atoms with Gasteiger partial charge < -0.3 is 10.6 Å². The molecule has 5 nitrogen and oxygen atoms in total. The lowest BCUT2D eigenvalue weighted by Gasteiger charge is -2.24. The summed E-state index contributed by atoms with van der Waals surface area (Å²) in [4.78, 5) is 10.1. The van der Waals surface area contributed by atoms with E-state index in [1.54, 1.807) is 0 Å². The first-order chi connectivity index (χ1) is 8.59. The van der Waals surface area contributed by atoms with Crippen molar-refractivity contribution in [2.45, 2.75) is 18.9 Å². The molecule has 2 rings (SSSR count). The largest absolute Gasteiger partial charge is 0.374 e. The molecule has 1 aromatic carbocycles. The fraction of sp³-hybridized carbons (Fsp3) is 0.455. The van der Waals surface area contributed by atoms with Crippen molar-refractivity contribution >= 4 is 11.4 Å². The summed E-state index contributed by atoms with van der Waals surface area (Å²) in [6.45, 7) is 1.50. The molecular formula is C11H13F2N3O2. The van der Waals surface area contributed by atoms with Gasteiger partial charge in [0.25, 0.3) is 5.69 Å². The molecule has 0 atom stereocenters. The summed E-state index contributed by atoms with van der Waals surface area (Å²) in [5.74, 6) is -2.28. The Morgan fingerprint density at radius 3 is 2.61 bits per heavy atom. The molecule has 0 aliphatic carbocycles. The molecule has 1 aliphatic rings. The zero-order chi connectivity index (χ0) is 13.1. The molecule has 7 heteroatoms. The molecule has 1 saturated heterocycles. The van der Waals surface area contributed by atoms with Crippen LogP contribution >= 0.6 is 0 Å².